The highest BCUT2D eigenvalue weighted by atomic mass is 16.5. The van der Waals surface area contributed by atoms with Gasteiger partial charge >= 0.3 is 0 Å². The number of piperidine rings is 1. The number of ether oxygens (including phenoxy) is 1. The minimum atomic E-state index is -0.712. The summed E-state index contributed by atoms with van der Waals surface area (Å²) >= 11 is 0. The maximum atomic E-state index is 13.0. The van der Waals surface area contributed by atoms with Gasteiger partial charge in [-0.1, -0.05) is 0 Å². The van der Waals surface area contributed by atoms with Crippen LogP contribution in [0.2, 0.25) is 0 Å². The summed E-state index contributed by atoms with van der Waals surface area (Å²) < 4.78 is 5.97. The molecule has 5 rings (SSSR count). The Bertz CT molecular complexity index is 971. The number of nitrogens with one attached hydrogen (secondary N) is 1. The topological polar surface area (TPSA) is 99.1 Å². The van der Waals surface area contributed by atoms with Crippen molar-refractivity contribution in [3.8, 4) is 5.75 Å². The Kier molecular flexibility index (Phi) is 7.56. The Morgan fingerprint density at radius 1 is 1.08 bits per heavy atom. The molecule has 0 radical (unpaired) electrons. The Morgan fingerprint density at radius 2 is 1.81 bits per heavy atom. The van der Waals surface area contributed by atoms with Gasteiger partial charge in [-0.05, 0) is 120 Å². The van der Waals surface area contributed by atoms with E-state index in [0.717, 1.165) is 70.2 Å². The number of carbonyl (C=O) groups excluding carboxylic acids is 2. The van der Waals surface area contributed by atoms with E-state index in [9.17, 15) is 19.8 Å². The maximum absolute atomic E-state index is 13.0. The van der Waals surface area contributed by atoms with Crippen LogP contribution in [-0.4, -0.2) is 64.9 Å². The fourth-order valence-corrected chi connectivity index (χ4v) is 7.52. The van der Waals surface area contributed by atoms with Crippen molar-refractivity contribution in [2.75, 3.05) is 26.3 Å². The molecule has 37 heavy (non-hydrogen) atoms. The highest BCUT2D eigenvalue weighted by Crippen LogP contribution is 2.55. The molecule has 7 nitrogen and oxygen atoms in total. The molecule has 3 saturated carbocycles. The standard InChI is InChI=1S/C30H44N2O5/c1-29(2,19-33)28(35)32-12-9-20(10-13-32)11-14-37-24-6-4-22(5-7-24)27(34)31-26-8-3-21-15-23-17-30(36,16-21)18-25(23)26/h4-7,20-21,23,25-26,33,36H,3,8-19H2,1-2H3,(H,31,34). The zero-order valence-corrected chi connectivity index (χ0v) is 22.5. The number of amides is 2. The summed E-state index contributed by atoms with van der Waals surface area (Å²) in [5.74, 6) is 2.85. The summed E-state index contributed by atoms with van der Waals surface area (Å²) in [5, 5.41) is 23.7. The van der Waals surface area contributed by atoms with Gasteiger partial charge in [0.2, 0.25) is 5.91 Å². The van der Waals surface area contributed by atoms with Gasteiger partial charge in [0.1, 0.15) is 5.75 Å². The van der Waals surface area contributed by atoms with Crippen LogP contribution < -0.4 is 10.1 Å². The summed E-state index contributed by atoms with van der Waals surface area (Å²) in [7, 11) is 0. The van der Waals surface area contributed by atoms with Crippen LogP contribution in [0.4, 0.5) is 0 Å². The van der Waals surface area contributed by atoms with Crippen molar-refractivity contribution in [3.05, 3.63) is 29.8 Å². The predicted octanol–water partition coefficient (Wildman–Crippen LogP) is 3.77. The molecule has 5 atom stereocenters. The molecule has 1 aromatic carbocycles. The summed E-state index contributed by atoms with van der Waals surface area (Å²) in [4.78, 5) is 27.4. The predicted molar refractivity (Wildman–Crippen MR) is 141 cm³/mol. The second-order valence-corrected chi connectivity index (χ2v) is 13.0. The second-order valence-electron chi connectivity index (χ2n) is 13.0. The largest absolute Gasteiger partial charge is 0.494 e. The van der Waals surface area contributed by atoms with Gasteiger partial charge in [-0.2, -0.15) is 0 Å². The van der Waals surface area contributed by atoms with Gasteiger partial charge in [0.25, 0.3) is 5.91 Å². The molecule has 4 fully saturated rings. The minimum absolute atomic E-state index is 0.0320. The van der Waals surface area contributed by atoms with Gasteiger partial charge < -0.3 is 25.2 Å². The van der Waals surface area contributed by atoms with Crippen molar-refractivity contribution in [2.45, 2.75) is 83.3 Å². The Hall–Kier alpha value is -2.12. The summed E-state index contributed by atoms with van der Waals surface area (Å²) in [6, 6.07) is 7.58. The molecule has 4 aliphatic rings. The number of carbonyl (C=O) groups is 2. The average molecular weight is 513 g/mol. The van der Waals surface area contributed by atoms with E-state index in [4.69, 9.17) is 4.74 Å². The number of hydrogen-bond acceptors (Lipinski definition) is 5. The summed E-state index contributed by atoms with van der Waals surface area (Å²) in [6.45, 7) is 5.53. The van der Waals surface area contributed by atoms with Crippen LogP contribution in [0.5, 0.6) is 5.75 Å². The molecule has 1 aromatic rings. The Labute approximate surface area is 221 Å². The average Bonchev–Trinajstić information content (AvgIpc) is 3.07. The maximum Gasteiger partial charge on any atom is 0.251 e. The number of fused-ring (bicyclic) bond motifs is 2. The van der Waals surface area contributed by atoms with Crippen molar-refractivity contribution >= 4 is 11.8 Å². The first-order valence-corrected chi connectivity index (χ1v) is 14.3. The van der Waals surface area contributed by atoms with Crippen molar-refractivity contribution in [1.29, 1.82) is 0 Å². The molecule has 1 aliphatic heterocycles. The third-order valence-corrected chi connectivity index (χ3v) is 9.67. The van der Waals surface area contributed by atoms with Gasteiger partial charge in [-0.25, -0.2) is 0 Å². The highest BCUT2D eigenvalue weighted by molar-refractivity contribution is 5.94. The molecule has 3 N–H and O–H groups in total. The molecular weight excluding hydrogens is 468 g/mol. The van der Waals surface area contributed by atoms with Crippen molar-refractivity contribution in [3.63, 3.8) is 0 Å². The Balaban J connectivity index is 1.05. The van der Waals surface area contributed by atoms with Crippen LogP contribution in [0.3, 0.4) is 0 Å². The molecule has 3 bridgehead atoms. The van der Waals surface area contributed by atoms with E-state index >= 15 is 0 Å². The van der Waals surface area contributed by atoms with E-state index in [1.165, 1.54) is 6.42 Å². The van der Waals surface area contributed by atoms with E-state index in [2.05, 4.69) is 5.32 Å². The summed E-state index contributed by atoms with van der Waals surface area (Å²) in [6.07, 6.45) is 8.87. The molecule has 7 heteroatoms. The molecule has 2 amide bonds. The third kappa shape index (κ3) is 5.83. The number of benzene rings is 1. The van der Waals surface area contributed by atoms with Crippen LogP contribution in [0.15, 0.2) is 24.3 Å². The molecule has 5 unspecified atom stereocenters. The summed E-state index contributed by atoms with van der Waals surface area (Å²) in [5.41, 5.74) is -0.555. The number of likely N-dealkylation sites (tertiary alicyclic amines) is 1. The van der Waals surface area contributed by atoms with Crippen LogP contribution in [0.1, 0.15) is 82.0 Å². The van der Waals surface area contributed by atoms with Gasteiger partial charge in [0.15, 0.2) is 0 Å². The van der Waals surface area contributed by atoms with Crippen LogP contribution in [0, 0.1) is 29.1 Å². The zero-order chi connectivity index (χ0) is 26.2. The first-order chi connectivity index (χ1) is 17.7. The molecule has 1 saturated heterocycles. The van der Waals surface area contributed by atoms with Crippen LogP contribution in [-0.2, 0) is 4.79 Å². The number of hydrogen-bond donors (Lipinski definition) is 3. The fraction of sp³-hybridized carbons (Fsp3) is 0.733. The van der Waals surface area contributed by atoms with Crippen LogP contribution >= 0.6 is 0 Å². The monoisotopic (exact) mass is 512 g/mol. The van der Waals surface area contributed by atoms with E-state index in [-0.39, 0.29) is 24.5 Å². The lowest BCUT2D eigenvalue weighted by Crippen LogP contribution is -2.46. The Morgan fingerprint density at radius 3 is 2.51 bits per heavy atom. The fourth-order valence-electron chi connectivity index (χ4n) is 7.52. The van der Waals surface area contributed by atoms with Crippen molar-refractivity contribution < 1.29 is 24.5 Å². The van der Waals surface area contributed by atoms with Gasteiger partial charge in [0, 0.05) is 24.7 Å². The molecule has 1 heterocycles. The number of rotatable bonds is 8. The van der Waals surface area contributed by atoms with Crippen molar-refractivity contribution in [1.82, 2.24) is 10.2 Å². The molecule has 0 spiro atoms. The van der Waals surface area contributed by atoms with Gasteiger partial charge in [0.05, 0.1) is 24.2 Å². The van der Waals surface area contributed by atoms with E-state index < -0.39 is 11.0 Å². The number of aliphatic hydroxyl groups excluding tert-OH is 1. The molecule has 3 aliphatic carbocycles. The lowest BCUT2D eigenvalue weighted by molar-refractivity contribution is -0.143. The van der Waals surface area contributed by atoms with Gasteiger partial charge in [-0.15, -0.1) is 0 Å². The first-order valence-electron chi connectivity index (χ1n) is 14.3. The third-order valence-electron chi connectivity index (χ3n) is 9.67. The smallest absolute Gasteiger partial charge is 0.251 e. The quantitative estimate of drug-likeness (QED) is 0.493. The highest BCUT2D eigenvalue weighted by Gasteiger charge is 2.53. The lowest BCUT2D eigenvalue weighted by atomic mass is 9.77. The van der Waals surface area contributed by atoms with E-state index in [0.29, 0.717) is 35.8 Å². The number of aliphatic hydroxyl groups is 2. The van der Waals surface area contributed by atoms with Crippen LogP contribution in [0.25, 0.3) is 0 Å². The SMILES string of the molecule is CC(C)(CO)C(=O)N1CCC(CCOc2ccc(C(=O)NC3CCC4CC5CC(O)(C4)CC53)cc2)CC1. The molecule has 0 aromatic heterocycles. The molecule has 204 valence electrons. The number of nitrogens with zero attached hydrogens (tertiary/aromatic N) is 1. The normalized spacial score (nSPS) is 31.7. The second kappa shape index (κ2) is 10.6. The molecular formula is C30H44N2O5. The zero-order valence-electron chi connectivity index (χ0n) is 22.5. The first kappa shape index (κ1) is 26.5. The lowest BCUT2D eigenvalue weighted by Gasteiger charge is -2.36. The van der Waals surface area contributed by atoms with E-state index in [1.807, 2.05) is 29.2 Å². The van der Waals surface area contributed by atoms with Crippen molar-refractivity contribution in [2.24, 2.45) is 29.1 Å². The van der Waals surface area contributed by atoms with Gasteiger partial charge in [-0.3, -0.25) is 9.59 Å². The minimum Gasteiger partial charge on any atom is -0.494 e. The van der Waals surface area contributed by atoms with E-state index in [1.54, 1.807) is 13.8 Å².